The van der Waals surface area contributed by atoms with Crippen LogP contribution in [0.2, 0.25) is 0 Å². The maximum Gasteiger partial charge on any atom is 0.324 e. The van der Waals surface area contributed by atoms with Crippen molar-refractivity contribution < 1.29 is 27.8 Å². The maximum atomic E-state index is 13.5. The minimum absolute atomic E-state index is 0.0729. The highest BCUT2D eigenvalue weighted by Crippen LogP contribution is 2.33. The maximum absolute atomic E-state index is 13.5. The van der Waals surface area contributed by atoms with Crippen LogP contribution in [0.5, 0.6) is 5.75 Å². The average Bonchev–Trinajstić information content (AvgIpc) is 3.17. The van der Waals surface area contributed by atoms with Gasteiger partial charge in [-0.15, -0.1) is 0 Å². The van der Waals surface area contributed by atoms with Crippen LogP contribution in [0.4, 0.5) is 0 Å². The van der Waals surface area contributed by atoms with Crippen LogP contribution >= 0.6 is 0 Å². The fraction of sp³-hybridized carbons (Fsp3) is 0.696. The first-order chi connectivity index (χ1) is 14.5. The molecule has 0 bridgehead atoms. The van der Waals surface area contributed by atoms with Crippen molar-refractivity contribution in [2.75, 3.05) is 19.8 Å². The Labute approximate surface area is 186 Å². The predicted molar refractivity (Wildman–Crippen MR) is 120 cm³/mol. The molecule has 0 radical (unpaired) electrons. The highest BCUT2D eigenvalue weighted by molar-refractivity contribution is 7.89. The Kier molecular flexibility index (Phi) is 8.92. The molecule has 8 heteroatoms. The number of aliphatic hydroxyl groups is 1. The topological polar surface area (TPSA) is 93.1 Å². The molecular weight excluding hydrogens is 418 g/mol. The highest BCUT2D eigenvalue weighted by atomic mass is 32.2. The summed E-state index contributed by atoms with van der Waals surface area (Å²) in [6, 6.07) is 4.18. The van der Waals surface area contributed by atoms with E-state index < -0.39 is 27.6 Å². The van der Waals surface area contributed by atoms with E-state index in [9.17, 15) is 13.2 Å². The van der Waals surface area contributed by atoms with Crippen LogP contribution in [0.25, 0.3) is 0 Å². The SMILES string of the molecule is CC[C@H](CCO)CCOc1cc(C)ccc1S(=O)(=O)N1CCC[C@H]1C(=O)OC(C)(C)C. The second-order valence-corrected chi connectivity index (χ2v) is 11.0. The Morgan fingerprint density at radius 2 is 2.00 bits per heavy atom. The van der Waals surface area contributed by atoms with Crippen molar-refractivity contribution in [3.8, 4) is 5.75 Å². The minimum atomic E-state index is -3.93. The minimum Gasteiger partial charge on any atom is -0.492 e. The number of aliphatic hydroxyl groups excluding tert-OH is 1. The van der Waals surface area contributed by atoms with Gasteiger partial charge in [-0.1, -0.05) is 19.4 Å². The van der Waals surface area contributed by atoms with Crippen LogP contribution in [0.1, 0.15) is 65.4 Å². The molecule has 0 saturated carbocycles. The van der Waals surface area contributed by atoms with E-state index in [-0.39, 0.29) is 18.0 Å². The van der Waals surface area contributed by atoms with Gasteiger partial charge in [0.25, 0.3) is 0 Å². The fourth-order valence-electron chi connectivity index (χ4n) is 3.77. The lowest BCUT2D eigenvalue weighted by Crippen LogP contribution is -2.43. The second-order valence-electron chi connectivity index (χ2n) is 9.18. The molecule has 1 saturated heterocycles. The molecule has 7 nitrogen and oxygen atoms in total. The van der Waals surface area contributed by atoms with Crippen molar-refractivity contribution in [3.63, 3.8) is 0 Å². The normalized spacial score (nSPS) is 18.7. The molecule has 0 spiro atoms. The van der Waals surface area contributed by atoms with Crippen LogP contribution in [0, 0.1) is 12.8 Å². The van der Waals surface area contributed by atoms with Gasteiger partial charge < -0.3 is 14.6 Å². The van der Waals surface area contributed by atoms with E-state index >= 15 is 0 Å². The molecule has 1 aromatic rings. The second kappa shape index (κ2) is 10.8. The van der Waals surface area contributed by atoms with Crippen molar-refractivity contribution in [3.05, 3.63) is 23.8 Å². The van der Waals surface area contributed by atoms with Crippen LogP contribution in [0.3, 0.4) is 0 Å². The van der Waals surface area contributed by atoms with Crippen molar-refractivity contribution in [1.29, 1.82) is 0 Å². The van der Waals surface area contributed by atoms with Gasteiger partial charge in [-0.2, -0.15) is 4.31 Å². The van der Waals surface area contributed by atoms with Crippen LogP contribution in [-0.4, -0.2) is 55.2 Å². The molecule has 176 valence electrons. The number of ether oxygens (including phenoxy) is 2. The number of nitrogens with zero attached hydrogens (tertiary/aromatic N) is 1. The van der Waals surface area contributed by atoms with Crippen molar-refractivity contribution in [2.45, 2.75) is 83.3 Å². The molecule has 2 rings (SSSR count). The van der Waals surface area contributed by atoms with Crippen molar-refractivity contribution in [1.82, 2.24) is 4.31 Å². The number of hydrogen-bond acceptors (Lipinski definition) is 6. The number of hydrogen-bond donors (Lipinski definition) is 1. The zero-order valence-corrected chi connectivity index (χ0v) is 20.2. The number of esters is 1. The molecule has 1 aliphatic rings. The predicted octanol–water partition coefficient (Wildman–Crippen LogP) is 3.67. The number of benzene rings is 1. The first kappa shape index (κ1) is 25.6. The van der Waals surface area contributed by atoms with Gasteiger partial charge in [0.15, 0.2) is 0 Å². The summed E-state index contributed by atoms with van der Waals surface area (Å²) in [6.45, 7) is 10.0. The number of rotatable bonds is 10. The van der Waals surface area contributed by atoms with Crippen LogP contribution in [0.15, 0.2) is 23.1 Å². The largest absolute Gasteiger partial charge is 0.492 e. The third-order valence-corrected chi connectivity index (χ3v) is 7.41. The number of aryl methyl sites for hydroxylation is 1. The van der Waals surface area contributed by atoms with E-state index in [2.05, 4.69) is 6.92 Å². The molecule has 2 atom stereocenters. The molecule has 0 amide bonds. The quantitative estimate of drug-likeness (QED) is 0.541. The lowest BCUT2D eigenvalue weighted by molar-refractivity contribution is -0.158. The van der Waals surface area contributed by atoms with E-state index in [1.54, 1.807) is 39.0 Å². The van der Waals surface area contributed by atoms with Gasteiger partial charge >= 0.3 is 5.97 Å². The zero-order chi connectivity index (χ0) is 23.2. The Hall–Kier alpha value is -1.64. The Balaban J connectivity index is 2.24. The fourth-order valence-corrected chi connectivity index (χ4v) is 5.53. The van der Waals surface area contributed by atoms with E-state index in [1.807, 2.05) is 6.92 Å². The van der Waals surface area contributed by atoms with Gasteiger partial charge in [0, 0.05) is 13.2 Å². The van der Waals surface area contributed by atoms with Gasteiger partial charge in [-0.3, -0.25) is 4.79 Å². The Bertz CT molecular complexity index is 846. The highest BCUT2D eigenvalue weighted by Gasteiger charge is 2.42. The molecule has 1 fully saturated rings. The van der Waals surface area contributed by atoms with Gasteiger partial charge in [0.2, 0.25) is 10.0 Å². The summed E-state index contributed by atoms with van der Waals surface area (Å²) in [5.41, 5.74) is 0.207. The number of sulfonamides is 1. The summed E-state index contributed by atoms with van der Waals surface area (Å²) in [5.74, 6) is 0.108. The summed E-state index contributed by atoms with van der Waals surface area (Å²) in [5, 5.41) is 9.17. The summed E-state index contributed by atoms with van der Waals surface area (Å²) in [6.07, 6.45) is 3.40. The molecule has 0 aromatic heterocycles. The number of carbonyl (C=O) groups excluding carboxylic acids is 1. The Morgan fingerprint density at radius 3 is 2.61 bits per heavy atom. The lowest BCUT2D eigenvalue weighted by Gasteiger charge is -2.27. The van der Waals surface area contributed by atoms with E-state index in [1.165, 1.54) is 4.31 Å². The Morgan fingerprint density at radius 1 is 1.29 bits per heavy atom. The summed E-state index contributed by atoms with van der Waals surface area (Å²) >= 11 is 0. The van der Waals surface area contributed by atoms with Gasteiger partial charge in [0.1, 0.15) is 22.3 Å². The van der Waals surface area contributed by atoms with E-state index in [0.29, 0.717) is 37.5 Å². The van der Waals surface area contributed by atoms with Gasteiger partial charge in [0.05, 0.1) is 6.61 Å². The van der Waals surface area contributed by atoms with E-state index in [4.69, 9.17) is 14.6 Å². The molecule has 31 heavy (non-hydrogen) atoms. The summed E-state index contributed by atoms with van der Waals surface area (Å²) in [4.78, 5) is 12.7. The van der Waals surface area contributed by atoms with Crippen LogP contribution in [-0.2, 0) is 19.6 Å². The number of carbonyl (C=O) groups is 1. The molecular formula is C23H37NO6S. The molecule has 0 aliphatic carbocycles. The summed E-state index contributed by atoms with van der Waals surface area (Å²) in [7, 11) is -3.93. The molecule has 1 aromatic carbocycles. The zero-order valence-electron chi connectivity index (χ0n) is 19.4. The van der Waals surface area contributed by atoms with Crippen molar-refractivity contribution >= 4 is 16.0 Å². The average molecular weight is 456 g/mol. The van der Waals surface area contributed by atoms with Gasteiger partial charge in [-0.25, -0.2) is 8.42 Å². The monoisotopic (exact) mass is 455 g/mol. The van der Waals surface area contributed by atoms with E-state index in [0.717, 1.165) is 18.4 Å². The standard InChI is InChI=1S/C23H37NO6S/c1-6-18(11-14-25)12-15-29-20-16-17(2)9-10-21(20)31(27,28)24-13-7-8-19(24)22(26)30-23(3,4)5/h9-10,16,18-19,25H,6-8,11-15H2,1-5H3/t18-,19+/m1/s1. The third kappa shape index (κ3) is 6.92. The van der Waals surface area contributed by atoms with Gasteiger partial charge in [-0.05, 0) is 77.0 Å². The van der Waals surface area contributed by atoms with Crippen molar-refractivity contribution in [2.24, 2.45) is 5.92 Å². The lowest BCUT2D eigenvalue weighted by atomic mass is 10.00. The smallest absolute Gasteiger partial charge is 0.324 e. The summed E-state index contributed by atoms with van der Waals surface area (Å²) < 4.78 is 39.6. The third-order valence-electron chi connectivity index (χ3n) is 5.47. The molecule has 1 heterocycles. The first-order valence-electron chi connectivity index (χ1n) is 11.1. The first-order valence-corrected chi connectivity index (χ1v) is 12.5. The van der Waals surface area contributed by atoms with Crippen LogP contribution < -0.4 is 4.74 Å². The molecule has 1 aliphatic heterocycles. The molecule has 0 unspecified atom stereocenters. The molecule has 1 N–H and O–H groups in total.